The quantitative estimate of drug-likeness (QED) is 0.560. The standard InChI is InChI=1S/C11H16NO5P/c1-14-10-5-9(8(7-13)6-12-10)11(15-2)18(16-3)17-4/h5-7,11H,1-4H3. The van der Waals surface area contributed by atoms with Gasteiger partial charge >= 0.3 is 0 Å². The molecule has 0 fully saturated rings. The predicted octanol–water partition coefficient (Wildman–Crippen LogP) is 2.15. The molecule has 7 heteroatoms. The Morgan fingerprint density at radius 2 is 1.94 bits per heavy atom. The number of carbonyl (C=O) groups excluding carboxylic acids is 1. The number of ether oxygens (including phenoxy) is 2. The van der Waals surface area contributed by atoms with Crippen LogP contribution >= 0.6 is 8.38 Å². The van der Waals surface area contributed by atoms with E-state index in [2.05, 4.69) is 4.98 Å². The molecule has 1 unspecified atom stereocenters. The molecule has 100 valence electrons. The predicted molar refractivity (Wildman–Crippen MR) is 66.9 cm³/mol. The highest BCUT2D eigenvalue weighted by molar-refractivity contribution is 7.47. The van der Waals surface area contributed by atoms with Crippen molar-refractivity contribution in [3.05, 3.63) is 23.4 Å². The molecule has 0 saturated carbocycles. The molecule has 0 N–H and O–H groups in total. The average molecular weight is 273 g/mol. The van der Waals surface area contributed by atoms with E-state index in [9.17, 15) is 4.79 Å². The van der Waals surface area contributed by atoms with E-state index in [4.69, 9.17) is 18.5 Å². The number of carbonyl (C=O) groups is 1. The second kappa shape index (κ2) is 7.38. The zero-order chi connectivity index (χ0) is 13.5. The molecule has 1 heterocycles. The number of nitrogens with zero attached hydrogens (tertiary/aromatic N) is 1. The number of rotatable bonds is 7. The van der Waals surface area contributed by atoms with E-state index in [0.717, 1.165) is 0 Å². The number of pyridine rings is 1. The number of aromatic nitrogens is 1. The third-order valence-electron chi connectivity index (χ3n) is 2.32. The number of hydrogen-bond acceptors (Lipinski definition) is 6. The topological polar surface area (TPSA) is 66.9 Å². The van der Waals surface area contributed by atoms with Crippen molar-refractivity contribution in [3.63, 3.8) is 0 Å². The van der Waals surface area contributed by atoms with Crippen molar-refractivity contribution >= 4 is 14.7 Å². The molecule has 0 aliphatic carbocycles. The van der Waals surface area contributed by atoms with Crippen LogP contribution in [0.3, 0.4) is 0 Å². The van der Waals surface area contributed by atoms with Crippen molar-refractivity contribution in [2.24, 2.45) is 0 Å². The number of aldehydes is 1. The van der Waals surface area contributed by atoms with Gasteiger partial charge in [0.1, 0.15) is 0 Å². The zero-order valence-electron chi connectivity index (χ0n) is 10.7. The van der Waals surface area contributed by atoms with Gasteiger partial charge in [-0.25, -0.2) is 4.98 Å². The van der Waals surface area contributed by atoms with Gasteiger partial charge in [0.15, 0.2) is 12.1 Å². The van der Waals surface area contributed by atoms with Gasteiger partial charge < -0.3 is 18.5 Å². The minimum atomic E-state index is -1.30. The third-order valence-corrected chi connectivity index (χ3v) is 3.91. The van der Waals surface area contributed by atoms with Gasteiger partial charge in [0.05, 0.1) is 7.11 Å². The molecule has 1 atom stereocenters. The van der Waals surface area contributed by atoms with E-state index < -0.39 is 14.2 Å². The largest absolute Gasteiger partial charge is 0.481 e. The molecular weight excluding hydrogens is 257 g/mol. The van der Waals surface area contributed by atoms with Gasteiger partial charge in [0, 0.05) is 44.7 Å². The van der Waals surface area contributed by atoms with Crippen LogP contribution in [0.2, 0.25) is 0 Å². The smallest absolute Gasteiger partial charge is 0.213 e. The third kappa shape index (κ3) is 3.23. The Labute approximate surface area is 107 Å². The molecule has 1 aromatic rings. The Morgan fingerprint density at radius 3 is 2.39 bits per heavy atom. The first kappa shape index (κ1) is 15.0. The van der Waals surface area contributed by atoms with Gasteiger partial charge in [-0.3, -0.25) is 4.79 Å². The lowest BCUT2D eigenvalue weighted by Gasteiger charge is -2.23. The average Bonchev–Trinajstić information content (AvgIpc) is 2.43. The fourth-order valence-electron chi connectivity index (χ4n) is 1.48. The van der Waals surface area contributed by atoms with Crippen molar-refractivity contribution in [3.8, 4) is 5.88 Å². The van der Waals surface area contributed by atoms with Crippen LogP contribution in [-0.4, -0.2) is 39.7 Å². The van der Waals surface area contributed by atoms with Crippen molar-refractivity contribution in [2.75, 3.05) is 28.4 Å². The summed E-state index contributed by atoms with van der Waals surface area (Å²) >= 11 is 0. The SMILES string of the molecule is COc1cc(C(OC)P(OC)OC)c(C=O)cn1. The lowest BCUT2D eigenvalue weighted by molar-refractivity contribution is 0.111. The van der Waals surface area contributed by atoms with Crippen molar-refractivity contribution in [1.29, 1.82) is 0 Å². The van der Waals surface area contributed by atoms with Gasteiger partial charge in [0.2, 0.25) is 14.3 Å². The lowest BCUT2D eigenvalue weighted by atomic mass is 10.1. The summed E-state index contributed by atoms with van der Waals surface area (Å²) in [6.45, 7) is 0. The molecule has 0 radical (unpaired) electrons. The van der Waals surface area contributed by atoms with Crippen LogP contribution in [0.1, 0.15) is 21.8 Å². The minimum absolute atomic E-state index is 0.403. The Balaban J connectivity index is 3.20. The summed E-state index contributed by atoms with van der Waals surface area (Å²) in [5, 5.41) is 0. The maximum absolute atomic E-state index is 11.0. The summed E-state index contributed by atoms with van der Waals surface area (Å²) in [6, 6.07) is 1.64. The normalized spacial score (nSPS) is 12.5. The van der Waals surface area contributed by atoms with Gasteiger partial charge in [-0.1, -0.05) is 0 Å². The number of hydrogen-bond donors (Lipinski definition) is 0. The van der Waals surface area contributed by atoms with E-state index in [-0.39, 0.29) is 0 Å². The molecule has 18 heavy (non-hydrogen) atoms. The molecule has 6 nitrogen and oxygen atoms in total. The molecule has 0 aliphatic rings. The second-order valence-corrected chi connectivity index (χ2v) is 4.98. The Morgan fingerprint density at radius 1 is 1.28 bits per heavy atom. The van der Waals surface area contributed by atoms with Crippen LogP contribution in [0.4, 0.5) is 0 Å². The summed E-state index contributed by atoms with van der Waals surface area (Å²) in [5.74, 6) is -0.0769. The monoisotopic (exact) mass is 273 g/mol. The maximum atomic E-state index is 11.0. The second-order valence-electron chi connectivity index (χ2n) is 3.21. The van der Waals surface area contributed by atoms with Crippen LogP contribution in [-0.2, 0) is 13.8 Å². The van der Waals surface area contributed by atoms with Crippen LogP contribution in [0.5, 0.6) is 5.88 Å². The van der Waals surface area contributed by atoms with Crippen LogP contribution in [0.25, 0.3) is 0 Å². The van der Waals surface area contributed by atoms with E-state index in [1.807, 2.05) is 0 Å². The molecule has 0 aliphatic heterocycles. The first-order valence-electron chi connectivity index (χ1n) is 5.11. The highest BCUT2D eigenvalue weighted by Crippen LogP contribution is 2.52. The minimum Gasteiger partial charge on any atom is -0.481 e. The van der Waals surface area contributed by atoms with Crippen molar-refractivity contribution in [2.45, 2.75) is 5.85 Å². The molecule has 1 aromatic heterocycles. The zero-order valence-corrected chi connectivity index (χ0v) is 11.6. The van der Waals surface area contributed by atoms with Gasteiger partial charge in [-0.2, -0.15) is 0 Å². The molecular formula is C11H16NO5P. The Kier molecular flexibility index (Phi) is 6.15. The number of methoxy groups -OCH3 is 2. The van der Waals surface area contributed by atoms with Gasteiger partial charge in [-0.15, -0.1) is 0 Å². The fraction of sp³-hybridized carbons (Fsp3) is 0.455. The Bertz CT molecular complexity index is 397. The van der Waals surface area contributed by atoms with Gasteiger partial charge in [-0.05, 0) is 0 Å². The molecule has 0 aromatic carbocycles. The molecule has 0 amide bonds. The fourth-order valence-corrected chi connectivity index (χ4v) is 2.63. The van der Waals surface area contributed by atoms with Crippen molar-refractivity contribution < 1.29 is 23.3 Å². The van der Waals surface area contributed by atoms with Crippen LogP contribution in [0.15, 0.2) is 12.3 Å². The molecule has 0 saturated heterocycles. The van der Waals surface area contributed by atoms with E-state index in [1.54, 1.807) is 6.07 Å². The van der Waals surface area contributed by atoms with Gasteiger partial charge in [0.25, 0.3) is 0 Å². The maximum Gasteiger partial charge on any atom is 0.213 e. The Hall–Kier alpha value is -1.07. The van der Waals surface area contributed by atoms with Crippen LogP contribution < -0.4 is 4.74 Å². The van der Waals surface area contributed by atoms with Crippen LogP contribution in [0, 0.1) is 0 Å². The lowest BCUT2D eigenvalue weighted by Crippen LogP contribution is -2.07. The van der Waals surface area contributed by atoms with E-state index in [1.165, 1.54) is 34.6 Å². The first-order chi connectivity index (χ1) is 8.71. The molecule has 0 spiro atoms. The van der Waals surface area contributed by atoms with E-state index >= 15 is 0 Å². The highest BCUT2D eigenvalue weighted by Gasteiger charge is 2.27. The molecule has 0 bridgehead atoms. The summed E-state index contributed by atoms with van der Waals surface area (Å²) in [4.78, 5) is 15.0. The summed E-state index contributed by atoms with van der Waals surface area (Å²) in [5.41, 5.74) is 1.05. The molecule has 1 rings (SSSR count). The highest BCUT2D eigenvalue weighted by atomic mass is 31.2. The van der Waals surface area contributed by atoms with E-state index in [0.29, 0.717) is 23.3 Å². The summed E-state index contributed by atoms with van der Waals surface area (Å²) in [6.07, 6.45) is 2.15. The first-order valence-corrected chi connectivity index (χ1v) is 6.35. The summed E-state index contributed by atoms with van der Waals surface area (Å²) in [7, 11) is 4.79. The summed E-state index contributed by atoms with van der Waals surface area (Å²) < 4.78 is 20.8. The van der Waals surface area contributed by atoms with Crippen molar-refractivity contribution in [1.82, 2.24) is 4.98 Å².